The molecule has 1 aromatic carbocycles. The number of halogens is 1. The van der Waals surface area contributed by atoms with Gasteiger partial charge in [0.05, 0.1) is 17.3 Å². The summed E-state index contributed by atoms with van der Waals surface area (Å²) in [6, 6.07) is 3.96. The lowest BCUT2D eigenvalue weighted by molar-refractivity contribution is 0.413. The van der Waals surface area contributed by atoms with Crippen LogP contribution in [0.4, 0.5) is 5.82 Å². The first kappa shape index (κ1) is 13.0. The summed E-state index contributed by atoms with van der Waals surface area (Å²) in [5.74, 6) is 1.42. The van der Waals surface area contributed by atoms with Crippen LogP contribution in [0.1, 0.15) is 11.1 Å². The van der Waals surface area contributed by atoms with Crippen molar-refractivity contribution in [3.8, 4) is 17.0 Å². The molecule has 2 aromatic rings. The second kappa shape index (κ2) is 4.65. The molecule has 0 fully saturated rings. The van der Waals surface area contributed by atoms with Crippen LogP contribution in [0.15, 0.2) is 16.6 Å². The van der Waals surface area contributed by atoms with E-state index in [9.17, 15) is 0 Å². The van der Waals surface area contributed by atoms with E-state index >= 15 is 0 Å². The summed E-state index contributed by atoms with van der Waals surface area (Å²) in [6.45, 7) is 4.08. The van der Waals surface area contributed by atoms with Crippen LogP contribution in [0, 0.1) is 13.8 Å². The second-order valence-electron chi connectivity index (χ2n) is 4.31. The Morgan fingerprint density at radius 2 is 1.94 bits per heavy atom. The average Bonchev–Trinajstić information content (AvgIpc) is 2.63. The fourth-order valence-electron chi connectivity index (χ4n) is 2.04. The van der Waals surface area contributed by atoms with Gasteiger partial charge in [-0.25, -0.2) is 0 Å². The number of nitrogens with zero attached hydrogens (tertiary/aromatic N) is 2. The molecule has 0 aliphatic heterocycles. The molecule has 0 unspecified atom stereocenters. The van der Waals surface area contributed by atoms with Gasteiger partial charge in [0.15, 0.2) is 0 Å². The monoisotopic (exact) mass is 309 g/mol. The molecule has 1 aromatic heterocycles. The Labute approximate surface area is 115 Å². The van der Waals surface area contributed by atoms with Crippen molar-refractivity contribution < 1.29 is 4.74 Å². The molecule has 0 atom stereocenters. The zero-order valence-electron chi connectivity index (χ0n) is 10.9. The smallest absolute Gasteiger partial charge is 0.143 e. The van der Waals surface area contributed by atoms with Crippen molar-refractivity contribution in [2.75, 3.05) is 12.8 Å². The van der Waals surface area contributed by atoms with Crippen molar-refractivity contribution in [1.29, 1.82) is 0 Å². The molecular formula is C13H16BrN3O. The highest BCUT2D eigenvalue weighted by atomic mass is 79.9. The second-order valence-corrected chi connectivity index (χ2v) is 5.10. The van der Waals surface area contributed by atoms with Crippen molar-refractivity contribution in [1.82, 2.24) is 9.78 Å². The minimum Gasteiger partial charge on any atom is -0.495 e. The third-order valence-electron chi connectivity index (χ3n) is 2.98. The Kier molecular flexibility index (Phi) is 3.34. The van der Waals surface area contributed by atoms with E-state index in [1.165, 1.54) is 0 Å². The molecule has 2 rings (SSSR count). The Hall–Kier alpha value is -1.49. The summed E-state index contributed by atoms with van der Waals surface area (Å²) in [7, 11) is 3.48. The van der Waals surface area contributed by atoms with Gasteiger partial charge in [0.25, 0.3) is 0 Å². The normalized spacial score (nSPS) is 10.7. The largest absolute Gasteiger partial charge is 0.495 e. The van der Waals surface area contributed by atoms with Gasteiger partial charge in [0.1, 0.15) is 11.6 Å². The quantitative estimate of drug-likeness (QED) is 0.927. The maximum Gasteiger partial charge on any atom is 0.143 e. The van der Waals surface area contributed by atoms with Crippen molar-refractivity contribution in [2.45, 2.75) is 13.8 Å². The summed E-state index contributed by atoms with van der Waals surface area (Å²) in [4.78, 5) is 0. The number of nitrogens with two attached hydrogens (primary N) is 1. The third-order valence-corrected chi connectivity index (χ3v) is 3.96. The first-order valence-electron chi connectivity index (χ1n) is 5.59. The van der Waals surface area contributed by atoms with E-state index in [1.807, 2.05) is 27.0 Å². The number of methoxy groups -OCH3 is 1. The molecule has 0 bridgehead atoms. The number of hydrogen-bond acceptors (Lipinski definition) is 3. The molecule has 96 valence electrons. The standard InChI is InChI=1S/C13H16BrN3O/c1-7-5-8(2)12(14)13(18-4)11(7)9-6-10(15)17(3)16-9/h5-6H,15H2,1-4H3. The first-order valence-corrected chi connectivity index (χ1v) is 6.38. The average molecular weight is 310 g/mol. The van der Waals surface area contributed by atoms with Gasteiger partial charge in [-0.05, 0) is 40.9 Å². The number of anilines is 1. The van der Waals surface area contributed by atoms with E-state index in [0.717, 1.165) is 32.6 Å². The van der Waals surface area contributed by atoms with E-state index in [4.69, 9.17) is 10.5 Å². The van der Waals surface area contributed by atoms with Gasteiger partial charge < -0.3 is 10.5 Å². The molecule has 0 spiro atoms. The number of nitrogen functional groups attached to an aromatic ring is 1. The number of aryl methyl sites for hydroxylation is 3. The topological polar surface area (TPSA) is 53.1 Å². The van der Waals surface area contributed by atoms with E-state index in [0.29, 0.717) is 5.82 Å². The van der Waals surface area contributed by atoms with Gasteiger partial charge in [-0.1, -0.05) is 6.07 Å². The zero-order valence-corrected chi connectivity index (χ0v) is 12.5. The highest BCUT2D eigenvalue weighted by molar-refractivity contribution is 9.10. The molecule has 0 aliphatic rings. The summed E-state index contributed by atoms with van der Waals surface area (Å²) < 4.78 is 8.11. The number of rotatable bonds is 2. The van der Waals surface area contributed by atoms with Gasteiger partial charge in [-0.15, -0.1) is 0 Å². The zero-order chi connectivity index (χ0) is 13.4. The van der Waals surface area contributed by atoms with Gasteiger partial charge in [-0.3, -0.25) is 4.68 Å². The first-order chi connectivity index (χ1) is 8.45. The van der Waals surface area contributed by atoms with E-state index in [2.05, 4.69) is 27.1 Å². The van der Waals surface area contributed by atoms with Crippen LogP contribution in [-0.2, 0) is 7.05 Å². The maximum absolute atomic E-state index is 5.84. The van der Waals surface area contributed by atoms with Crippen molar-refractivity contribution >= 4 is 21.7 Å². The highest BCUT2D eigenvalue weighted by Gasteiger charge is 2.17. The van der Waals surface area contributed by atoms with Crippen LogP contribution < -0.4 is 10.5 Å². The Morgan fingerprint density at radius 1 is 1.28 bits per heavy atom. The fourth-order valence-corrected chi connectivity index (χ4v) is 2.52. The molecule has 0 aliphatic carbocycles. The van der Waals surface area contributed by atoms with Gasteiger partial charge in [-0.2, -0.15) is 5.10 Å². The van der Waals surface area contributed by atoms with Gasteiger partial charge >= 0.3 is 0 Å². The third kappa shape index (κ3) is 1.99. The van der Waals surface area contributed by atoms with E-state index in [-0.39, 0.29) is 0 Å². The Balaban J connectivity index is 2.74. The van der Waals surface area contributed by atoms with Crippen LogP contribution in [0.5, 0.6) is 5.75 Å². The molecule has 18 heavy (non-hydrogen) atoms. The molecule has 0 saturated carbocycles. The summed E-state index contributed by atoms with van der Waals surface area (Å²) in [5, 5.41) is 4.41. The number of ether oxygens (including phenoxy) is 1. The van der Waals surface area contributed by atoms with Crippen molar-refractivity contribution in [3.63, 3.8) is 0 Å². The van der Waals surface area contributed by atoms with Crippen LogP contribution >= 0.6 is 15.9 Å². The SMILES string of the molecule is COc1c(Br)c(C)cc(C)c1-c1cc(N)n(C)n1. The predicted molar refractivity (Wildman–Crippen MR) is 76.8 cm³/mol. The van der Waals surface area contributed by atoms with E-state index in [1.54, 1.807) is 11.8 Å². The maximum atomic E-state index is 5.84. The minimum absolute atomic E-state index is 0.628. The molecule has 4 nitrogen and oxygen atoms in total. The van der Waals surface area contributed by atoms with Crippen molar-refractivity contribution in [3.05, 3.63) is 27.7 Å². The number of hydrogen-bond donors (Lipinski definition) is 1. The molecule has 1 heterocycles. The summed E-state index contributed by atoms with van der Waals surface area (Å²) >= 11 is 3.56. The summed E-state index contributed by atoms with van der Waals surface area (Å²) in [6.07, 6.45) is 0. The lowest BCUT2D eigenvalue weighted by Crippen LogP contribution is -1.98. The van der Waals surface area contributed by atoms with E-state index < -0.39 is 0 Å². The van der Waals surface area contributed by atoms with Crippen LogP contribution in [-0.4, -0.2) is 16.9 Å². The molecule has 0 radical (unpaired) electrons. The molecule has 0 saturated heterocycles. The molecule has 0 amide bonds. The predicted octanol–water partition coefficient (Wildman–Crippen LogP) is 3.06. The molecular weight excluding hydrogens is 294 g/mol. The Bertz CT molecular complexity index is 585. The molecule has 5 heteroatoms. The van der Waals surface area contributed by atoms with Crippen molar-refractivity contribution in [2.24, 2.45) is 7.05 Å². The molecule has 2 N–H and O–H groups in total. The Morgan fingerprint density at radius 3 is 2.44 bits per heavy atom. The lowest BCUT2D eigenvalue weighted by Gasteiger charge is -2.14. The van der Waals surface area contributed by atoms with Crippen LogP contribution in [0.2, 0.25) is 0 Å². The van der Waals surface area contributed by atoms with Crippen LogP contribution in [0.25, 0.3) is 11.3 Å². The van der Waals surface area contributed by atoms with Gasteiger partial charge in [0, 0.05) is 18.7 Å². The fraction of sp³-hybridized carbons (Fsp3) is 0.308. The number of aromatic nitrogens is 2. The van der Waals surface area contributed by atoms with Crippen LogP contribution in [0.3, 0.4) is 0 Å². The lowest BCUT2D eigenvalue weighted by atomic mass is 10.0. The minimum atomic E-state index is 0.628. The van der Waals surface area contributed by atoms with Gasteiger partial charge in [0.2, 0.25) is 0 Å². The highest BCUT2D eigenvalue weighted by Crippen LogP contribution is 2.40. The number of benzene rings is 1. The summed E-state index contributed by atoms with van der Waals surface area (Å²) in [5.41, 5.74) is 9.89.